The molecule has 0 aliphatic carbocycles. The van der Waals surface area contributed by atoms with Crippen molar-refractivity contribution in [2.45, 2.75) is 23.6 Å². The highest BCUT2D eigenvalue weighted by molar-refractivity contribution is 7.92. The number of rotatable bonds is 6. The Kier molecular flexibility index (Phi) is 6.40. The van der Waals surface area contributed by atoms with Gasteiger partial charge in [0.05, 0.1) is 9.79 Å². The van der Waals surface area contributed by atoms with E-state index < -0.39 is 26.0 Å². The summed E-state index contributed by atoms with van der Waals surface area (Å²) in [5.41, 5.74) is 1.46. The van der Waals surface area contributed by atoms with Crippen LogP contribution in [-0.2, 0) is 20.0 Å². The zero-order valence-corrected chi connectivity index (χ0v) is 19.0. The molecular formula is C21H19ClN2O5S2. The van der Waals surface area contributed by atoms with Crippen LogP contribution in [-0.4, -0.2) is 22.7 Å². The van der Waals surface area contributed by atoms with Gasteiger partial charge in [0.2, 0.25) is 0 Å². The molecule has 0 bridgehead atoms. The molecule has 2 N–H and O–H groups in total. The Morgan fingerprint density at radius 3 is 2.03 bits per heavy atom. The third-order valence-electron chi connectivity index (χ3n) is 4.43. The molecule has 162 valence electrons. The molecule has 0 aliphatic heterocycles. The third-order valence-corrected chi connectivity index (χ3v) is 7.70. The van der Waals surface area contributed by atoms with Crippen LogP contribution in [0.5, 0.6) is 0 Å². The van der Waals surface area contributed by atoms with Crippen molar-refractivity contribution in [1.82, 2.24) is 4.72 Å². The first-order chi connectivity index (χ1) is 14.5. The van der Waals surface area contributed by atoms with Crippen molar-refractivity contribution in [2.24, 2.45) is 0 Å². The number of amides is 1. The molecular weight excluding hydrogens is 460 g/mol. The van der Waals surface area contributed by atoms with Crippen molar-refractivity contribution in [2.75, 3.05) is 4.72 Å². The van der Waals surface area contributed by atoms with Gasteiger partial charge in [0.25, 0.3) is 26.0 Å². The van der Waals surface area contributed by atoms with E-state index in [-0.39, 0.29) is 21.0 Å². The lowest BCUT2D eigenvalue weighted by Gasteiger charge is -2.13. The molecule has 3 aromatic rings. The molecule has 0 fully saturated rings. The van der Waals surface area contributed by atoms with Crippen LogP contribution in [0.25, 0.3) is 0 Å². The monoisotopic (exact) mass is 478 g/mol. The molecule has 7 nitrogen and oxygen atoms in total. The summed E-state index contributed by atoms with van der Waals surface area (Å²) in [6.07, 6.45) is 0. The van der Waals surface area contributed by atoms with Crippen molar-refractivity contribution in [3.63, 3.8) is 0 Å². The van der Waals surface area contributed by atoms with Gasteiger partial charge in [0.1, 0.15) is 0 Å². The molecule has 0 aliphatic rings. The van der Waals surface area contributed by atoms with E-state index >= 15 is 0 Å². The van der Waals surface area contributed by atoms with E-state index in [4.69, 9.17) is 11.6 Å². The number of hydrogen-bond donors (Lipinski definition) is 2. The molecule has 3 rings (SSSR count). The topological polar surface area (TPSA) is 109 Å². The van der Waals surface area contributed by atoms with Gasteiger partial charge >= 0.3 is 0 Å². The second-order valence-electron chi connectivity index (χ2n) is 6.80. The lowest BCUT2D eigenvalue weighted by molar-refractivity contribution is 0.0981. The van der Waals surface area contributed by atoms with Crippen LogP contribution in [0.15, 0.2) is 76.5 Å². The maximum atomic E-state index is 12.7. The molecule has 0 aromatic heterocycles. The second kappa shape index (κ2) is 8.70. The largest absolute Gasteiger partial charge is 0.280 e. The maximum absolute atomic E-state index is 12.7. The number of anilines is 1. The van der Waals surface area contributed by atoms with Crippen LogP contribution >= 0.6 is 11.6 Å². The fraction of sp³-hybridized carbons (Fsp3) is 0.0952. The number of hydrogen-bond acceptors (Lipinski definition) is 5. The van der Waals surface area contributed by atoms with Gasteiger partial charge in [-0.1, -0.05) is 29.8 Å². The Morgan fingerprint density at radius 1 is 0.806 bits per heavy atom. The van der Waals surface area contributed by atoms with Crippen molar-refractivity contribution in [3.8, 4) is 0 Å². The molecule has 0 heterocycles. The van der Waals surface area contributed by atoms with Crippen molar-refractivity contribution in [3.05, 3.63) is 88.4 Å². The van der Waals surface area contributed by atoms with E-state index in [1.165, 1.54) is 42.5 Å². The van der Waals surface area contributed by atoms with Gasteiger partial charge in [-0.05, 0) is 73.5 Å². The van der Waals surface area contributed by atoms with Crippen molar-refractivity contribution >= 4 is 43.2 Å². The predicted molar refractivity (Wildman–Crippen MR) is 119 cm³/mol. The van der Waals surface area contributed by atoms with E-state index in [9.17, 15) is 21.6 Å². The summed E-state index contributed by atoms with van der Waals surface area (Å²) in [4.78, 5) is 12.0. The summed E-state index contributed by atoms with van der Waals surface area (Å²) in [5, 5.41) is 0.462. The lowest BCUT2D eigenvalue weighted by atomic mass is 10.2. The SMILES string of the molecule is Cc1cc(S(=O)(=O)Nc2ccc(S(=O)(=O)NC(=O)c3ccccc3)cc2)c(C)cc1Cl. The van der Waals surface area contributed by atoms with E-state index in [0.29, 0.717) is 16.1 Å². The van der Waals surface area contributed by atoms with E-state index in [0.717, 1.165) is 0 Å². The molecule has 31 heavy (non-hydrogen) atoms. The third kappa shape index (κ3) is 5.25. The Balaban J connectivity index is 1.80. The molecule has 0 spiro atoms. The Hall–Kier alpha value is -2.88. The maximum Gasteiger partial charge on any atom is 0.264 e. The average molecular weight is 479 g/mol. The van der Waals surface area contributed by atoms with E-state index in [1.807, 2.05) is 4.72 Å². The zero-order chi connectivity index (χ0) is 22.8. The van der Waals surface area contributed by atoms with Gasteiger partial charge in [0.15, 0.2) is 0 Å². The number of carbonyl (C=O) groups is 1. The highest BCUT2D eigenvalue weighted by atomic mass is 35.5. The summed E-state index contributed by atoms with van der Waals surface area (Å²) in [6.45, 7) is 3.33. The minimum absolute atomic E-state index is 0.0706. The normalized spacial score (nSPS) is 11.7. The molecule has 1 amide bonds. The van der Waals surface area contributed by atoms with Gasteiger partial charge in [-0.3, -0.25) is 9.52 Å². The van der Waals surface area contributed by atoms with Crippen LogP contribution in [0, 0.1) is 13.8 Å². The van der Waals surface area contributed by atoms with Crippen molar-refractivity contribution in [1.29, 1.82) is 0 Å². The summed E-state index contributed by atoms with van der Waals surface area (Å²) < 4.78 is 54.8. The highest BCUT2D eigenvalue weighted by Crippen LogP contribution is 2.26. The second-order valence-corrected chi connectivity index (χ2v) is 10.5. The van der Waals surface area contributed by atoms with Crippen LogP contribution in [0.1, 0.15) is 21.5 Å². The van der Waals surface area contributed by atoms with Crippen LogP contribution in [0.2, 0.25) is 5.02 Å². The standard InChI is InChI=1S/C21H19ClN2O5S2/c1-14-13-20(15(2)12-19(14)22)31(28,29)23-17-8-10-18(11-9-17)30(26,27)24-21(25)16-6-4-3-5-7-16/h3-13,23H,1-2H3,(H,24,25). The number of halogens is 1. The van der Waals surface area contributed by atoms with Crippen LogP contribution < -0.4 is 9.44 Å². The summed E-state index contributed by atoms with van der Waals surface area (Å²) >= 11 is 6.03. The van der Waals surface area contributed by atoms with Crippen LogP contribution in [0.3, 0.4) is 0 Å². The Labute approximate surface area is 186 Å². The Bertz CT molecular complexity index is 1340. The minimum atomic E-state index is -4.13. The average Bonchev–Trinajstić information content (AvgIpc) is 2.71. The molecule has 0 saturated heterocycles. The van der Waals surface area contributed by atoms with Crippen LogP contribution in [0.4, 0.5) is 5.69 Å². The van der Waals surface area contributed by atoms with E-state index in [1.54, 1.807) is 38.1 Å². The minimum Gasteiger partial charge on any atom is -0.280 e. The summed E-state index contributed by atoms with van der Waals surface area (Å²) in [7, 11) is -8.04. The molecule has 0 saturated carbocycles. The highest BCUT2D eigenvalue weighted by Gasteiger charge is 2.21. The van der Waals surface area contributed by atoms with Gasteiger partial charge < -0.3 is 0 Å². The quantitative estimate of drug-likeness (QED) is 0.558. The first kappa shape index (κ1) is 22.8. The zero-order valence-electron chi connectivity index (χ0n) is 16.6. The van der Waals surface area contributed by atoms with Gasteiger partial charge in [-0.15, -0.1) is 0 Å². The van der Waals surface area contributed by atoms with Gasteiger partial charge in [0, 0.05) is 16.3 Å². The fourth-order valence-corrected chi connectivity index (χ4v) is 5.35. The molecule has 0 atom stereocenters. The summed E-state index contributed by atoms with van der Waals surface area (Å²) in [6, 6.07) is 16.0. The lowest BCUT2D eigenvalue weighted by Crippen LogP contribution is -2.30. The smallest absolute Gasteiger partial charge is 0.264 e. The number of sulfonamides is 2. The fourth-order valence-electron chi connectivity index (χ4n) is 2.79. The predicted octanol–water partition coefficient (Wildman–Crippen LogP) is 3.88. The van der Waals surface area contributed by atoms with E-state index in [2.05, 4.69) is 4.72 Å². The number of nitrogens with one attached hydrogen (secondary N) is 2. The number of carbonyl (C=O) groups excluding carboxylic acids is 1. The molecule has 0 radical (unpaired) electrons. The molecule has 0 unspecified atom stereocenters. The number of benzene rings is 3. The first-order valence-electron chi connectivity index (χ1n) is 9.01. The van der Waals surface area contributed by atoms with Gasteiger partial charge in [-0.25, -0.2) is 21.6 Å². The first-order valence-corrected chi connectivity index (χ1v) is 12.4. The Morgan fingerprint density at radius 2 is 1.42 bits per heavy atom. The molecule has 10 heteroatoms. The number of aryl methyl sites for hydroxylation is 2. The van der Waals surface area contributed by atoms with Gasteiger partial charge in [-0.2, -0.15) is 0 Å². The van der Waals surface area contributed by atoms with Crippen molar-refractivity contribution < 1.29 is 21.6 Å². The molecule has 3 aromatic carbocycles. The summed E-state index contributed by atoms with van der Waals surface area (Å²) in [5.74, 6) is -0.765.